The molecule has 1 aromatic carbocycles. The van der Waals surface area contributed by atoms with E-state index in [-0.39, 0.29) is 12.8 Å². The van der Waals surface area contributed by atoms with Gasteiger partial charge in [0, 0.05) is 6.42 Å². The highest BCUT2D eigenvalue weighted by molar-refractivity contribution is 7.53. The SMILES string of the molecule is CC(NC(=O)CCc1ccccc1)P(=O)(O)O[C@@H](CCCCN)C(=O)O. The van der Waals surface area contributed by atoms with Gasteiger partial charge in [-0.15, -0.1) is 0 Å². The van der Waals surface area contributed by atoms with Gasteiger partial charge in [0.25, 0.3) is 0 Å². The summed E-state index contributed by atoms with van der Waals surface area (Å²) in [6.45, 7) is 1.72. The molecule has 0 saturated heterocycles. The van der Waals surface area contributed by atoms with Crippen molar-refractivity contribution in [3.63, 3.8) is 0 Å². The number of unbranched alkanes of at least 4 members (excludes halogenated alkanes) is 1. The first-order chi connectivity index (χ1) is 12.3. The molecule has 0 aliphatic rings. The lowest BCUT2D eigenvalue weighted by molar-refractivity contribution is -0.145. The van der Waals surface area contributed by atoms with Crippen molar-refractivity contribution in [3.05, 3.63) is 35.9 Å². The van der Waals surface area contributed by atoms with Crippen LogP contribution in [0, 0.1) is 0 Å². The molecule has 26 heavy (non-hydrogen) atoms. The van der Waals surface area contributed by atoms with Crippen LogP contribution in [0.15, 0.2) is 30.3 Å². The fraction of sp³-hybridized carbons (Fsp3) is 0.529. The van der Waals surface area contributed by atoms with Crippen molar-refractivity contribution in [2.24, 2.45) is 5.73 Å². The first kappa shape index (κ1) is 22.3. The highest BCUT2D eigenvalue weighted by Crippen LogP contribution is 2.47. The Morgan fingerprint density at radius 1 is 1.27 bits per heavy atom. The van der Waals surface area contributed by atoms with Crippen LogP contribution in [-0.2, 0) is 25.1 Å². The molecule has 0 spiro atoms. The van der Waals surface area contributed by atoms with Gasteiger partial charge in [-0.1, -0.05) is 30.3 Å². The van der Waals surface area contributed by atoms with Crippen LogP contribution in [0.3, 0.4) is 0 Å². The molecule has 0 aromatic heterocycles. The van der Waals surface area contributed by atoms with E-state index in [4.69, 9.17) is 15.4 Å². The highest BCUT2D eigenvalue weighted by atomic mass is 31.2. The quantitative estimate of drug-likeness (QED) is 0.318. The number of carboxylic acid groups (broad SMARTS) is 1. The third kappa shape index (κ3) is 8.10. The van der Waals surface area contributed by atoms with Gasteiger partial charge in [0.05, 0.1) is 0 Å². The third-order valence-corrected chi connectivity index (χ3v) is 5.48. The summed E-state index contributed by atoms with van der Waals surface area (Å²) in [4.78, 5) is 33.2. The zero-order chi connectivity index (χ0) is 19.6. The Kier molecular flexibility index (Phi) is 9.51. The van der Waals surface area contributed by atoms with Crippen LogP contribution in [0.2, 0.25) is 0 Å². The van der Waals surface area contributed by atoms with E-state index < -0.39 is 31.4 Å². The van der Waals surface area contributed by atoms with Gasteiger partial charge in [0.1, 0.15) is 5.78 Å². The summed E-state index contributed by atoms with van der Waals surface area (Å²) in [7, 11) is -4.34. The van der Waals surface area contributed by atoms with E-state index in [1.165, 1.54) is 6.92 Å². The Labute approximate surface area is 153 Å². The van der Waals surface area contributed by atoms with Crippen molar-refractivity contribution >= 4 is 19.5 Å². The fourth-order valence-corrected chi connectivity index (χ4v) is 3.31. The van der Waals surface area contributed by atoms with E-state index in [0.29, 0.717) is 25.8 Å². The number of amides is 1. The van der Waals surface area contributed by atoms with Gasteiger partial charge in [0.2, 0.25) is 5.91 Å². The monoisotopic (exact) mass is 386 g/mol. The fourth-order valence-electron chi connectivity index (χ4n) is 2.26. The van der Waals surface area contributed by atoms with E-state index >= 15 is 0 Å². The molecule has 0 bridgehead atoms. The number of rotatable bonds is 12. The van der Waals surface area contributed by atoms with Crippen molar-refractivity contribution in [1.29, 1.82) is 0 Å². The van der Waals surface area contributed by atoms with Crippen LogP contribution in [0.1, 0.15) is 38.2 Å². The first-order valence-electron chi connectivity index (χ1n) is 8.53. The van der Waals surface area contributed by atoms with E-state index in [1.807, 2.05) is 30.3 Å². The summed E-state index contributed by atoms with van der Waals surface area (Å²) in [5.74, 6) is -2.93. The normalized spacial score (nSPS) is 15.7. The summed E-state index contributed by atoms with van der Waals surface area (Å²) < 4.78 is 17.2. The van der Waals surface area contributed by atoms with Crippen LogP contribution >= 0.6 is 7.60 Å². The molecule has 1 amide bonds. The Morgan fingerprint density at radius 3 is 2.50 bits per heavy atom. The van der Waals surface area contributed by atoms with Crippen LogP contribution in [-0.4, -0.2) is 40.3 Å². The predicted octanol–water partition coefficient (Wildman–Crippen LogP) is 1.87. The standard InChI is InChI=1S/C17H27N2O6P/c1-13(19-16(20)11-10-14-7-3-2-4-8-14)26(23,24)25-15(17(21)22)9-5-6-12-18/h2-4,7-8,13,15H,5-6,9-12,18H2,1H3,(H,19,20)(H,21,22)(H,23,24)/t13?,15-/m0/s1. The van der Waals surface area contributed by atoms with Crippen LogP contribution in [0.25, 0.3) is 0 Å². The first-order valence-corrected chi connectivity index (χ1v) is 10.2. The molecule has 9 heteroatoms. The number of hydrogen-bond acceptors (Lipinski definition) is 5. The second-order valence-electron chi connectivity index (χ2n) is 6.01. The van der Waals surface area contributed by atoms with Gasteiger partial charge in [0.15, 0.2) is 6.10 Å². The lowest BCUT2D eigenvalue weighted by Gasteiger charge is -2.23. The van der Waals surface area contributed by atoms with E-state index in [9.17, 15) is 19.0 Å². The molecule has 3 atom stereocenters. The molecule has 2 unspecified atom stereocenters. The lowest BCUT2D eigenvalue weighted by Crippen LogP contribution is -2.35. The van der Waals surface area contributed by atoms with Crippen molar-refractivity contribution in [3.8, 4) is 0 Å². The summed E-state index contributed by atoms with van der Waals surface area (Å²) in [6.07, 6.45) is 0.354. The maximum Gasteiger partial charge on any atom is 0.350 e. The third-order valence-electron chi connectivity index (χ3n) is 3.82. The number of carbonyl (C=O) groups excluding carboxylic acids is 1. The van der Waals surface area contributed by atoms with Gasteiger partial charge in [-0.05, 0) is 44.7 Å². The minimum Gasteiger partial charge on any atom is -0.479 e. The Morgan fingerprint density at radius 2 is 1.92 bits per heavy atom. The molecule has 8 nitrogen and oxygen atoms in total. The van der Waals surface area contributed by atoms with E-state index in [2.05, 4.69) is 5.32 Å². The number of nitrogens with one attached hydrogen (secondary N) is 1. The molecule has 146 valence electrons. The number of benzene rings is 1. The molecule has 1 rings (SSSR count). The zero-order valence-corrected chi connectivity index (χ0v) is 15.7. The molecule has 0 saturated carbocycles. The summed E-state index contributed by atoms with van der Waals surface area (Å²) in [5.41, 5.74) is 6.33. The van der Waals surface area contributed by atoms with E-state index in [0.717, 1.165) is 5.56 Å². The number of aliphatic carboxylic acids is 1. The molecule has 0 aliphatic heterocycles. The van der Waals surface area contributed by atoms with Gasteiger partial charge >= 0.3 is 13.6 Å². The number of aryl methyl sites for hydroxylation is 1. The maximum absolute atomic E-state index is 12.3. The van der Waals surface area contributed by atoms with Crippen LogP contribution in [0.4, 0.5) is 0 Å². The number of carboxylic acids is 1. The predicted molar refractivity (Wildman–Crippen MR) is 97.6 cm³/mol. The molecular formula is C17H27N2O6P. The molecule has 0 radical (unpaired) electrons. The summed E-state index contributed by atoms with van der Waals surface area (Å²) >= 11 is 0. The Balaban J connectivity index is 2.53. The average Bonchev–Trinajstić information content (AvgIpc) is 2.60. The molecule has 0 fully saturated rings. The van der Waals surface area contributed by atoms with Gasteiger partial charge in [-0.25, -0.2) is 4.79 Å². The highest BCUT2D eigenvalue weighted by Gasteiger charge is 2.35. The molecule has 0 heterocycles. The minimum absolute atomic E-state index is 0.0752. The molecule has 5 N–H and O–H groups in total. The van der Waals surface area contributed by atoms with Crippen molar-refractivity contribution in [1.82, 2.24) is 5.32 Å². The largest absolute Gasteiger partial charge is 0.479 e. The lowest BCUT2D eigenvalue weighted by atomic mass is 10.1. The second-order valence-corrected chi connectivity index (χ2v) is 8.12. The van der Waals surface area contributed by atoms with Crippen molar-refractivity contribution in [2.75, 3.05) is 6.54 Å². The topological polar surface area (TPSA) is 139 Å². The Bertz CT molecular complexity index is 625. The van der Waals surface area contributed by atoms with Gasteiger partial charge in [-0.3, -0.25) is 13.9 Å². The number of carbonyl (C=O) groups is 2. The smallest absolute Gasteiger partial charge is 0.350 e. The summed E-state index contributed by atoms with van der Waals surface area (Å²) in [5, 5.41) is 11.5. The molecule has 0 aliphatic carbocycles. The van der Waals surface area contributed by atoms with Crippen LogP contribution < -0.4 is 11.1 Å². The maximum atomic E-state index is 12.3. The van der Waals surface area contributed by atoms with Crippen LogP contribution in [0.5, 0.6) is 0 Å². The summed E-state index contributed by atoms with van der Waals surface area (Å²) in [6, 6.07) is 9.37. The molecule has 1 aromatic rings. The van der Waals surface area contributed by atoms with Crippen molar-refractivity contribution < 1.29 is 28.7 Å². The van der Waals surface area contributed by atoms with E-state index in [1.54, 1.807) is 0 Å². The van der Waals surface area contributed by atoms with Gasteiger partial charge in [-0.2, -0.15) is 0 Å². The van der Waals surface area contributed by atoms with Crippen molar-refractivity contribution in [2.45, 2.75) is 50.9 Å². The number of nitrogens with two attached hydrogens (primary N) is 1. The number of hydrogen-bond donors (Lipinski definition) is 4. The zero-order valence-electron chi connectivity index (χ0n) is 14.8. The Hall–Kier alpha value is -1.73. The average molecular weight is 386 g/mol. The van der Waals surface area contributed by atoms with Gasteiger partial charge < -0.3 is 21.1 Å². The second kappa shape index (κ2) is 11.1. The molecular weight excluding hydrogens is 359 g/mol. The minimum atomic E-state index is -4.34.